The summed E-state index contributed by atoms with van der Waals surface area (Å²) >= 11 is 1.41. The molecule has 0 saturated heterocycles. The number of nitrogens with zero attached hydrogens (tertiary/aromatic N) is 2. The van der Waals surface area contributed by atoms with Crippen molar-refractivity contribution >= 4 is 17.9 Å². The number of carbonyl (C=O) groups is 1. The maximum atomic E-state index is 11.6. The Labute approximate surface area is 87.7 Å². The molecule has 0 N–H and O–H groups in total. The molecule has 0 aromatic carbocycles. The fraction of sp³-hybridized carbons (Fsp3) is 0.556. The maximum absolute atomic E-state index is 11.6. The van der Waals surface area contributed by atoms with E-state index >= 15 is 0 Å². The highest BCUT2D eigenvalue weighted by molar-refractivity contribution is 7.98. The molecule has 0 bridgehead atoms. The summed E-state index contributed by atoms with van der Waals surface area (Å²) in [5, 5.41) is 0.638. The van der Waals surface area contributed by atoms with Gasteiger partial charge in [-0.2, -0.15) is 0 Å². The minimum absolute atomic E-state index is 0.389. The Morgan fingerprint density at radius 1 is 1.57 bits per heavy atom. The van der Waals surface area contributed by atoms with Gasteiger partial charge in [0.25, 0.3) is 0 Å². The van der Waals surface area contributed by atoms with E-state index in [0.29, 0.717) is 5.16 Å². The van der Waals surface area contributed by atoms with E-state index in [1.165, 1.54) is 16.3 Å². The van der Waals surface area contributed by atoms with Gasteiger partial charge in [-0.25, -0.2) is 14.3 Å². The van der Waals surface area contributed by atoms with Gasteiger partial charge in [-0.05, 0) is 27.0 Å². The second-order valence-electron chi connectivity index (χ2n) is 3.76. The number of ether oxygens (including phenoxy) is 1. The average Bonchev–Trinajstić information content (AvgIpc) is 2.47. The molecule has 0 atom stereocenters. The highest BCUT2D eigenvalue weighted by atomic mass is 32.2. The lowest BCUT2D eigenvalue weighted by molar-refractivity contribution is 0.0522. The number of rotatable bonds is 1. The first-order valence-corrected chi connectivity index (χ1v) is 5.47. The zero-order valence-electron chi connectivity index (χ0n) is 8.77. The van der Waals surface area contributed by atoms with Crippen LogP contribution in [0, 0.1) is 0 Å². The molecule has 1 rings (SSSR count). The monoisotopic (exact) mass is 214 g/mol. The fourth-order valence-electron chi connectivity index (χ4n) is 0.891. The first kappa shape index (κ1) is 11.1. The molecule has 1 aromatic heterocycles. The third-order valence-corrected chi connectivity index (χ3v) is 2.05. The van der Waals surface area contributed by atoms with Crippen LogP contribution in [0.25, 0.3) is 0 Å². The van der Waals surface area contributed by atoms with Crippen LogP contribution in [0.2, 0.25) is 0 Å². The molecule has 14 heavy (non-hydrogen) atoms. The van der Waals surface area contributed by atoms with E-state index in [-0.39, 0.29) is 6.09 Å². The van der Waals surface area contributed by atoms with E-state index in [1.54, 1.807) is 12.4 Å². The molecular formula is C9H14N2O2S. The van der Waals surface area contributed by atoms with Crippen LogP contribution in [-0.4, -0.2) is 27.5 Å². The van der Waals surface area contributed by atoms with Crippen molar-refractivity contribution < 1.29 is 9.53 Å². The molecule has 0 amide bonds. The summed E-state index contributed by atoms with van der Waals surface area (Å²) < 4.78 is 6.59. The molecular weight excluding hydrogens is 200 g/mol. The van der Waals surface area contributed by atoms with Crippen molar-refractivity contribution in [2.24, 2.45) is 0 Å². The van der Waals surface area contributed by atoms with Gasteiger partial charge in [-0.3, -0.25) is 0 Å². The van der Waals surface area contributed by atoms with Gasteiger partial charge < -0.3 is 4.74 Å². The summed E-state index contributed by atoms with van der Waals surface area (Å²) in [4.78, 5) is 15.6. The number of carbonyl (C=O) groups excluding carboxylic acids is 1. The minimum Gasteiger partial charge on any atom is -0.443 e. The first-order chi connectivity index (χ1) is 6.44. The van der Waals surface area contributed by atoms with E-state index in [2.05, 4.69) is 4.98 Å². The zero-order chi connectivity index (χ0) is 10.8. The molecule has 0 aliphatic rings. The summed E-state index contributed by atoms with van der Waals surface area (Å²) in [5.74, 6) is 0. The SMILES string of the molecule is CSc1nccn1C(=O)OC(C)(C)C. The van der Waals surface area contributed by atoms with Crippen molar-refractivity contribution in [2.75, 3.05) is 6.26 Å². The number of hydrogen-bond acceptors (Lipinski definition) is 4. The van der Waals surface area contributed by atoms with E-state index in [4.69, 9.17) is 4.74 Å². The lowest BCUT2D eigenvalue weighted by Gasteiger charge is -2.19. The zero-order valence-corrected chi connectivity index (χ0v) is 9.59. The summed E-state index contributed by atoms with van der Waals surface area (Å²) in [6.45, 7) is 5.50. The molecule has 0 spiro atoms. The van der Waals surface area contributed by atoms with E-state index in [0.717, 1.165) is 0 Å². The second-order valence-corrected chi connectivity index (χ2v) is 4.54. The van der Waals surface area contributed by atoms with Crippen LogP contribution >= 0.6 is 11.8 Å². The predicted molar refractivity (Wildman–Crippen MR) is 55.6 cm³/mol. The van der Waals surface area contributed by atoms with Gasteiger partial charge in [0.05, 0.1) is 0 Å². The molecule has 0 aliphatic carbocycles. The molecule has 4 nitrogen and oxygen atoms in total. The molecule has 0 fully saturated rings. The summed E-state index contributed by atoms with van der Waals surface area (Å²) in [6, 6.07) is 0. The lowest BCUT2D eigenvalue weighted by Crippen LogP contribution is -2.27. The molecule has 0 saturated carbocycles. The topological polar surface area (TPSA) is 44.1 Å². The Morgan fingerprint density at radius 2 is 2.21 bits per heavy atom. The Kier molecular flexibility index (Phi) is 3.21. The normalized spacial score (nSPS) is 11.4. The first-order valence-electron chi connectivity index (χ1n) is 4.25. The minimum atomic E-state index is -0.475. The molecule has 78 valence electrons. The van der Waals surface area contributed by atoms with Crippen LogP contribution < -0.4 is 0 Å². The standard InChI is InChI=1S/C9H14N2O2S/c1-9(2,3)13-8(12)11-6-5-10-7(11)14-4/h5-6H,1-4H3. The Bertz CT molecular complexity index is 328. The van der Waals surface area contributed by atoms with Gasteiger partial charge in [0.15, 0.2) is 5.16 Å². The van der Waals surface area contributed by atoms with Crippen molar-refractivity contribution in [2.45, 2.75) is 31.5 Å². The molecule has 5 heteroatoms. The molecule has 0 radical (unpaired) electrons. The molecule has 0 unspecified atom stereocenters. The summed E-state index contributed by atoms with van der Waals surface area (Å²) in [6.07, 6.45) is 4.65. The maximum Gasteiger partial charge on any atom is 0.420 e. The smallest absolute Gasteiger partial charge is 0.420 e. The van der Waals surface area contributed by atoms with Crippen molar-refractivity contribution in [3.63, 3.8) is 0 Å². The van der Waals surface area contributed by atoms with Gasteiger partial charge in [-0.15, -0.1) is 0 Å². The van der Waals surface area contributed by atoms with Gasteiger partial charge in [0, 0.05) is 12.4 Å². The highest BCUT2D eigenvalue weighted by Crippen LogP contribution is 2.15. The quantitative estimate of drug-likeness (QED) is 0.673. The fourth-order valence-corrected chi connectivity index (χ4v) is 1.39. The highest BCUT2D eigenvalue weighted by Gasteiger charge is 2.19. The number of aromatic nitrogens is 2. The van der Waals surface area contributed by atoms with Gasteiger partial charge in [0.1, 0.15) is 5.60 Å². The van der Waals surface area contributed by atoms with Crippen LogP contribution in [-0.2, 0) is 4.74 Å². The van der Waals surface area contributed by atoms with Crippen LogP contribution in [0.5, 0.6) is 0 Å². The molecule has 1 aromatic rings. The summed E-state index contributed by atoms with van der Waals surface area (Å²) in [7, 11) is 0. The third-order valence-electron chi connectivity index (χ3n) is 1.38. The van der Waals surface area contributed by atoms with Crippen LogP contribution in [0.1, 0.15) is 20.8 Å². The largest absolute Gasteiger partial charge is 0.443 e. The van der Waals surface area contributed by atoms with Gasteiger partial charge >= 0.3 is 6.09 Å². The predicted octanol–water partition coefficient (Wildman–Crippen LogP) is 2.39. The summed E-state index contributed by atoms with van der Waals surface area (Å²) in [5.41, 5.74) is -0.475. The van der Waals surface area contributed by atoms with E-state index in [9.17, 15) is 4.79 Å². The van der Waals surface area contributed by atoms with Crippen molar-refractivity contribution in [1.82, 2.24) is 9.55 Å². The average molecular weight is 214 g/mol. The van der Waals surface area contributed by atoms with Gasteiger partial charge in [-0.1, -0.05) is 11.8 Å². The van der Waals surface area contributed by atoms with Crippen LogP contribution in [0.4, 0.5) is 4.79 Å². The number of imidazole rings is 1. The van der Waals surface area contributed by atoms with Gasteiger partial charge in [0.2, 0.25) is 0 Å². The molecule has 1 heterocycles. The van der Waals surface area contributed by atoms with Crippen molar-refractivity contribution in [1.29, 1.82) is 0 Å². The number of hydrogen-bond donors (Lipinski definition) is 0. The van der Waals surface area contributed by atoms with E-state index in [1.807, 2.05) is 27.0 Å². The Hall–Kier alpha value is -0.970. The van der Waals surface area contributed by atoms with Crippen molar-refractivity contribution in [3.05, 3.63) is 12.4 Å². The Balaban J connectivity index is 2.80. The number of thioether (sulfide) groups is 1. The second kappa shape index (κ2) is 4.04. The Morgan fingerprint density at radius 3 is 2.71 bits per heavy atom. The van der Waals surface area contributed by atoms with E-state index < -0.39 is 5.60 Å². The van der Waals surface area contributed by atoms with Crippen molar-refractivity contribution in [3.8, 4) is 0 Å². The van der Waals surface area contributed by atoms with Crippen LogP contribution in [0.15, 0.2) is 17.6 Å². The third kappa shape index (κ3) is 2.77. The molecule has 0 aliphatic heterocycles. The van der Waals surface area contributed by atoms with Crippen LogP contribution in [0.3, 0.4) is 0 Å². The lowest BCUT2D eigenvalue weighted by atomic mass is 10.2.